The third-order valence-electron chi connectivity index (χ3n) is 2.39. The third-order valence-corrected chi connectivity index (χ3v) is 2.39. The van der Waals surface area contributed by atoms with E-state index in [9.17, 15) is 5.11 Å². The molecule has 0 aromatic rings. The quantitative estimate of drug-likeness (QED) is 0.668. The van der Waals surface area contributed by atoms with E-state index in [-0.39, 0.29) is 12.2 Å². The molecule has 78 valence electrons. The fourth-order valence-corrected chi connectivity index (χ4v) is 1.67. The molecule has 13 heavy (non-hydrogen) atoms. The van der Waals surface area contributed by atoms with Crippen LogP contribution in [0.25, 0.3) is 0 Å². The summed E-state index contributed by atoms with van der Waals surface area (Å²) in [5, 5.41) is 12.9. The van der Waals surface area contributed by atoms with Crippen molar-refractivity contribution in [3.05, 3.63) is 0 Å². The Morgan fingerprint density at radius 2 is 2.31 bits per heavy atom. The van der Waals surface area contributed by atoms with Gasteiger partial charge < -0.3 is 15.2 Å². The van der Waals surface area contributed by atoms with Crippen LogP contribution in [-0.4, -0.2) is 37.0 Å². The average Bonchev–Trinajstić information content (AvgIpc) is 2.53. The molecule has 1 fully saturated rings. The molecular formula is C10H21NO2. The minimum Gasteiger partial charge on any atom is -0.391 e. The molecule has 1 heterocycles. The maximum absolute atomic E-state index is 9.61. The molecule has 2 unspecified atom stereocenters. The summed E-state index contributed by atoms with van der Waals surface area (Å²) in [5.74, 6) is 0.644. The fraction of sp³-hybridized carbons (Fsp3) is 1.00. The van der Waals surface area contributed by atoms with Gasteiger partial charge >= 0.3 is 0 Å². The van der Waals surface area contributed by atoms with Crippen molar-refractivity contribution in [3.8, 4) is 0 Å². The molecule has 0 aromatic carbocycles. The number of aliphatic hydroxyl groups is 1. The van der Waals surface area contributed by atoms with Gasteiger partial charge in [-0.3, -0.25) is 0 Å². The Labute approximate surface area is 80.5 Å². The molecule has 0 spiro atoms. The first-order valence-electron chi connectivity index (χ1n) is 5.19. The predicted octanol–water partition coefficient (Wildman–Crippen LogP) is 0.772. The van der Waals surface area contributed by atoms with Crippen molar-refractivity contribution in [2.45, 2.75) is 38.9 Å². The fourth-order valence-electron chi connectivity index (χ4n) is 1.67. The highest BCUT2D eigenvalue weighted by atomic mass is 16.5. The van der Waals surface area contributed by atoms with E-state index in [2.05, 4.69) is 5.32 Å². The summed E-state index contributed by atoms with van der Waals surface area (Å²) < 4.78 is 5.34. The highest BCUT2D eigenvalue weighted by molar-refractivity contribution is 4.74. The number of aliphatic hydroxyl groups excluding tert-OH is 1. The van der Waals surface area contributed by atoms with Gasteiger partial charge in [-0.2, -0.15) is 0 Å². The maximum atomic E-state index is 9.61. The number of rotatable bonds is 5. The van der Waals surface area contributed by atoms with Crippen LogP contribution in [-0.2, 0) is 4.74 Å². The third kappa shape index (κ3) is 4.60. The second-order valence-corrected chi connectivity index (χ2v) is 4.13. The Morgan fingerprint density at radius 3 is 2.85 bits per heavy atom. The molecule has 1 rings (SSSR count). The van der Waals surface area contributed by atoms with Crippen molar-refractivity contribution >= 4 is 0 Å². The van der Waals surface area contributed by atoms with E-state index < -0.39 is 0 Å². The Bertz CT molecular complexity index is 133. The van der Waals surface area contributed by atoms with Crippen LogP contribution in [0.5, 0.6) is 0 Å². The summed E-state index contributed by atoms with van der Waals surface area (Å²) in [7, 11) is 0. The van der Waals surface area contributed by atoms with Crippen molar-refractivity contribution in [1.82, 2.24) is 5.32 Å². The lowest BCUT2D eigenvalue weighted by Gasteiger charge is -2.16. The van der Waals surface area contributed by atoms with Crippen LogP contribution in [0.15, 0.2) is 0 Å². The van der Waals surface area contributed by atoms with E-state index in [0.717, 1.165) is 19.5 Å². The zero-order chi connectivity index (χ0) is 9.68. The van der Waals surface area contributed by atoms with Crippen LogP contribution in [0.2, 0.25) is 0 Å². The van der Waals surface area contributed by atoms with Crippen molar-refractivity contribution in [1.29, 1.82) is 0 Å². The van der Waals surface area contributed by atoms with E-state index >= 15 is 0 Å². The summed E-state index contributed by atoms with van der Waals surface area (Å²) >= 11 is 0. The summed E-state index contributed by atoms with van der Waals surface area (Å²) in [6.45, 7) is 6.61. The van der Waals surface area contributed by atoms with Gasteiger partial charge in [0.2, 0.25) is 0 Å². The zero-order valence-electron chi connectivity index (χ0n) is 8.62. The van der Waals surface area contributed by atoms with Crippen molar-refractivity contribution < 1.29 is 9.84 Å². The molecule has 0 aliphatic carbocycles. The maximum Gasteiger partial charge on any atom is 0.0776 e. The lowest BCUT2D eigenvalue weighted by Crippen LogP contribution is -2.22. The molecule has 3 heteroatoms. The van der Waals surface area contributed by atoms with E-state index in [1.807, 2.05) is 13.8 Å². The first-order chi connectivity index (χ1) is 6.18. The Hall–Kier alpha value is -0.120. The van der Waals surface area contributed by atoms with E-state index in [1.54, 1.807) is 0 Å². The van der Waals surface area contributed by atoms with E-state index in [4.69, 9.17) is 4.74 Å². The van der Waals surface area contributed by atoms with Gasteiger partial charge in [0.1, 0.15) is 0 Å². The first-order valence-corrected chi connectivity index (χ1v) is 5.19. The van der Waals surface area contributed by atoms with Gasteiger partial charge in [0.05, 0.1) is 18.8 Å². The predicted molar refractivity (Wildman–Crippen MR) is 52.7 cm³/mol. The summed E-state index contributed by atoms with van der Waals surface area (Å²) in [6, 6.07) is 0. The molecule has 0 aromatic heterocycles. The molecule has 0 saturated carbocycles. The molecule has 0 radical (unpaired) electrons. The van der Waals surface area contributed by atoms with Gasteiger partial charge in [0.25, 0.3) is 0 Å². The minimum atomic E-state index is -0.285. The van der Waals surface area contributed by atoms with Crippen LogP contribution < -0.4 is 5.32 Å². The Kier molecular flexibility index (Phi) is 4.70. The topological polar surface area (TPSA) is 41.5 Å². The van der Waals surface area contributed by atoms with E-state index in [0.29, 0.717) is 12.5 Å². The normalized spacial score (nSPS) is 25.4. The lowest BCUT2D eigenvalue weighted by molar-refractivity contribution is -0.00268. The van der Waals surface area contributed by atoms with Crippen molar-refractivity contribution in [3.63, 3.8) is 0 Å². The van der Waals surface area contributed by atoms with Crippen molar-refractivity contribution in [2.24, 2.45) is 5.92 Å². The highest BCUT2D eigenvalue weighted by Crippen LogP contribution is 2.14. The van der Waals surface area contributed by atoms with Crippen LogP contribution in [0.4, 0.5) is 0 Å². The summed E-state index contributed by atoms with van der Waals surface area (Å²) in [4.78, 5) is 0. The number of hydrogen-bond acceptors (Lipinski definition) is 3. The number of hydrogen-bond donors (Lipinski definition) is 2. The van der Waals surface area contributed by atoms with Gasteiger partial charge in [-0.15, -0.1) is 0 Å². The molecule has 3 nitrogen and oxygen atoms in total. The second-order valence-electron chi connectivity index (χ2n) is 4.13. The molecule has 0 amide bonds. The van der Waals surface area contributed by atoms with Gasteiger partial charge in [0.15, 0.2) is 0 Å². The molecule has 2 N–H and O–H groups in total. The van der Waals surface area contributed by atoms with Gasteiger partial charge in [-0.05, 0) is 45.7 Å². The summed E-state index contributed by atoms with van der Waals surface area (Å²) in [6.07, 6.45) is 2.00. The highest BCUT2D eigenvalue weighted by Gasteiger charge is 2.18. The SMILES string of the molecule is CC(C)OCC(O)CC1CCNC1. The molecular weight excluding hydrogens is 166 g/mol. The van der Waals surface area contributed by atoms with E-state index in [1.165, 1.54) is 6.42 Å². The number of nitrogens with one attached hydrogen (secondary N) is 1. The van der Waals surface area contributed by atoms with Crippen LogP contribution in [0, 0.1) is 5.92 Å². The zero-order valence-corrected chi connectivity index (χ0v) is 8.62. The Balaban J connectivity index is 2.05. The summed E-state index contributed by atoms with van der Waals surface area (Å²) in [5.41, 5.74) is 0. The molecule has 2 atom stereocenters. The smallest absolute Gasteiger partial charge is 0.0776 e. The molecule has 1 aliphatic rings. The largest absolute Gasteiger partial charge is 0.391 e. The second kappa shape index (κ2) is 5.58. The van der Waals surface area contributed by atoms with Gasteiger partial charge in [-0.1, -0.05) is 0 Å². The van der Waals surface area contributed by atoms with Gasteiger partial charge in [-0.25, -0.2) is 0 Å². The van der Waals surface area contributed by atoms with Crippen LogP contribution in [0.1, 0.15) is 26.7 Å². The molecule has 0 bridgehead atoms. The molecule has 1 saturated heterocycles. The standard InChI is InChI=1S/C10H21NO2/c1-8(2)13-7-10(12)5-9-3-4-11-6-9/h8-12H,3-7H2,1-2H3. The van der Waals surface area contributed by atoms with Gasteiger partial charge in [0, 0.05) is 0 Å². The molecule has 1 aliphatic heterocycles. The van der Waals surface area contributed by atoms with Crippen LogP contribution >= 0.6 is 0 Å². The monoisotopic (exact) mass is 187 g/mol. The number of ether oxygens (including phenoxy) is 1. The Morgan fingerprint density at radius 1 is 1.54 bits per heavy atom. The van der Waals surface area contributed by atoms with Crippen molar-refractivity contribution in [2.75, 3.05) is 19.7 Å². The first kappa shape index (κ1) is 11.0. The lowest BCUT2D eigenvalue weighted by atomic mass is 10.0. The average molecular weight is 187 g/mol. The van der Waals surface area contributed by atoms with Crippen LogP contribution in [0.3, 0.4) is 0 Å². The minimum absolute atomic E-state index is 0.219.